The zero-order valence-electron chi connectivity index (χ0n) is 12.0. The molecule has 0 spiro atoms. The van der Waals surface area contributed by atoms with Crippen LogP contribution in [0, 0.1) is 0 Å². The maximum absolute atomic E-state index is 12.5. The van der Waals surface area contributed by atoms with E-state index in [1.165, 1.54) is 31.4 Å². The summed E-state index contributed by atoms with van der Waals surface area (Å²) >= 11 is 0. The highest BCUT2D eigenvalue weighted by Crippen LogP contribution is 2.29. The van der Waals surface area contributed by atoms with E-state index < -0.39 is 23.6 Å². The van der Waals surface area contributed by atoms with Crippen molar-refractivity contribution in [1.82, 2.24) is 0 Å². The zero-order valence-corrected chi connectivity index (χ0v) is 12.0. The molecule has 4 nitrogen and oxygen atoms in total. The summed E-state index contributed by atoms with van der Waals surface area (Å²) < 4.78 is 42.0. The van der Waals surface area contributed by atoms with Gasteiger partial charge in [0.25, 0.3) is 5.91 Å². The van der Waals surface area contributed by atoms with Gasteiger partial charge in [-0.3, -0.25) is 4.79 Å². The summed E-state index contributed by atoms with van der Waals surface area (Å²) in [4.78, 5) is 23.5. The number of carbonyl (C=O) groups is 2. The molecule has 0 aliphatic heterocycles. The van der Waals surface area contributed by atoms with Gasteiger partial charge in [-0.15, -0.1) is 0 Å². The molecule has 0 heterocycles. The average Bonchev–Trinajstić information content (AvgIpc) is 2.54. The Bertz CT molecular complexity index is 724. The van der Waals surface area contributed by atoms with E-state index in [1.54, 1.807) is 0 Å². The van der Waals surface area contributed by atoms with Crippen LogP contribution < -0.4 is 5.32 Å². The lowest BCUT2D eigenvalue weighted by Crippen LogP contribution is -2.13. The Morgan fingerprint density at radius 3 is 2.17 bits per heavy atom. The maximum atomic E-state index is 12.5. The van der Waals surface area contributed by atoms with Crippen LogP contribution in [0.2, 0.25) is 0 Å². The Balaban J connectivity index is 2.14. The number of hydrogen-bond acceptors (Lipinski definition) is 3. The van der Waals surface area contributed by atoms with Crippen LogP contribution in [0.25, 0.3) is 0 Å². The van der Waals surface area contributed by atoms with Crippen LogP contribution >= 0.6 is 0 Å². The van der Waals surface area contributed by atoms with E-state index >= 15 is 0 Å². The van der Waals surface area contributed by atoms with E-state index in [2.05, 4.69) is 10.1 Å². The Labute approximate surface area is 129 Å². The number of esters is 1. The lowest BCUT2D eigenvalue weighted by atomic mass is 10.1. The third-order valence-electron chi connectivity index (χ3n) is 3.02. The highest BCUT2D eigenvalue weighted by Gasteiger charge is 2.30. The topological polar surface area (TPSA) is 55.4 Å². The molecule has 0 saturated heterocycles. The van der Waals surface area contributed by atoms with Gasteiger partial charge < -0.3 is 10.1 Å². The fraction of sp³-hybridized carbons (Fsp3) is 0.125. The van der Waals surface area contributed by atoms with Crippen LogP contribution in [0.5, 0.6) is 0 Å². The van der Waals surface area contributed by atoms with E-state index in [0.29, 0.717) is 0 Å². The highest BCUT2D eigenvalue weighted by molar-refractivity contribution is 6.05. The second-order valence-electron chi connectivity index (χ2n) is 4.60. The third-order valence-corrected chi connectivity index (χ3v) is 3.02. The molecule has 1 N–H and O–H groups in total. The molecule has 120 valence electrons. The van der Waals surface area contributed by atoms with Crippen LogP contribution in [0.1, 0.15) is 26.3 Å². The fourth-order valence-corrected chi connectivity index (χ4v) is 1.85. The molecule has 0 aliphatic rings. The second kappa shape index (κ2) is 6.51. The SMILES string of the molecule is COC(=O)c1cccc(C(=O)Nc2ccc(C(F)(F)F)cc2)c1. The first-order valence-corrected chi connectivity index (χ1v) is 6.48. The number of anilines is 1. The molecule has 0 aliphatic carbocycles. The predicted molar refractivity (Wildman–Crippen MR) is 77.2 cm³/mol. The van der Waals surface area contributed by atoms with Crippen LogP contribution in [0.3, 0.4) is 0 Å². The number of hydrogen-bond donors (Lipinski definition) is 1. The molecule has 0 fully saturated rings. The number of rotatable bonds is 3. The molecular formula is C16H12F3NO3. The van der Waals surface area contributed by atoms with Gasteiger partial charge >= 0.3 is 12.1 Å². The van der Waals surface area contributed by atoms with Crippen LogP contribution in [-0.4, -0.2) is 19.0 Å². The van der Waals surface area contributed by atoms with Crippen molar-refractivity contribution in [3.8, 4) is 0 Å². The minimum atomic E-state index is -4.43. The summed E-state index contributed by atoms with van der Waals surface area (Å²) in [6.07, 6.45) is -4.43. The van der Waals surface area contributed by atoms with E-state index in [9.17, 15) is 22.8 Å². The largest absolute Gasteiger partial charge is 0.465 e. The molecule has 2 rings (SSSR count). The Morgan fingerprint density at radius 1 is 1.00 bits per heavy atom. The van der Waals surface area contributed by atoms with Crippen molar-refractivity contribution in [1.29, 1.82) is 0 Å². The van der Waals surface area contributed by atoms with E-state index in [0.717, 1.165) is 24.3 Å². The predicted octanol–water partition coefficient (Wildman–Crippen LogP) is 3.74. The van der Waals surface area contributed by atoms with E-state index in [1.807, 2.05) is 0 Å². The second-order valence-corrected chi connectivity index (χ2v) is 4.60. The van der Waals surface area contributed by atoms with Crippen molar-refractivity contribution in [2.75, 3.05) is 12.4 Å². The molecule has 0 atom stereocenters. The van der Waals surface area contributed by atoms with Gasteiger partial charge in [0.2, 0.25) is 0 Å². The van der Waals surface area contributed by atoms with Crippen molar-refractivity contribution in [2.45, 2.75) is 6.18 Å². The number of ether oxygens (including phenoxy) is 1. The van der Waals surface area contributed by atoms with Gasteiger partial charge in [0.15, 0.2) is 0 Å². The van der Waals surface area contributed by atoms with Crippen LogP contribution in [0.4, 0.5) is 18.9 Å². The third kappa shape index (κ3) is 4.09. The minimum absolute atomic E-state index is 0.188. The van der Waals surface area contributed by atoms with E-state index in [4.69, 9.17) is 0 Å². The highest BCUT2D eigenvalue weighted by atomic mass is 19.4. The molecule has 2 aromatic carbocycles. The Kier molecular flexibility index (Phi) is 4.68. The first-order chi connectivity index (χ1) is 10.8. The van der Waals surface area contributed by atoms with Crippen LogP contribution in [0.15, 0.2) is 48.5 Å². The fourth-order valence-electron chi connectivity index (χ4n) is 1.85. The average molecular weight is 323 g/mol. The first kappa shape index (κ1) is 16.5. The lowest BCUT2D eigenvalue weighted by molar-refractivity contribution is -0.137. The summed E-state index contributed by atoms with van der Waals surface area (Å²) in [6.45, 7) is 0. The molecule has 0 unspecified atom stereocenters. The number of halogens is 3. The van der Waals surface area contributed by atoms with Gasteiger partial charge in [0.05, 0.1) is 18.2 Å². The van der Waals surface area contributed by atoms with Gasteiger partial charge in [-0.2, -0.15) is 13.2 Å². The van der Waals surface area contributed by atoms with Crippen molar-refractivity contribution < 1.29 is 27.5 Å². The molecule has 0 bridgehead atoms. The molecule has 23 heavy (non-hydrogen) atoms. The van der Waals surface area contributed by atoms with Gasteiger partial charge in [-0.1, -0.05) is 6.07 Å². The van der Waals surface area contributed by atoms with Gasteiger partial charge in [-0.25, -0.2) is 4.79 Å². The zero-order chi connectivity index (χ0) is 17.0. The van der Waals surface area contributed by atoms with Crippen LogP contribution in [-0.2, 0) is 10.9 Å². The first-order valence-electron chi connectivity index (χ1n) is 6.48. The number of benzene rings is 2. The summed E-state index contributed by atoms with van der Waals surface area (Å²) in [7, 11) is 1.22. The number of alkyl halides is 3. The molecule has 2 aromatic rings. The Morgan fingerprint density at radius 2 is 1.61 bits per heavy atom. The molecule has 7 heteroatoms. The van der Waals surface area contributed by atoms with Gasteiger partial charge in [0.1, 0.15) is 0 Å². The number of amides is 1. The molecule has 0 aromatic heterocycles. The Hall–Kier alpha value is -2.83. The number of nitrogens with one attached hydrogen (secondary N) is 1. The summed E-state index contributed by atoms with van der Waals surface area (Å²) in [5.74, 6) is -1.13. The quantitative estimate of drug-likeness (QED) is 0.875. The smallest absolute Gasteiger partial charge is 0.416 e. The lowest BCUT2D eigenvalue weighted by Gasteiger charge is -2.09. The molecular weight excluding hydrogens is 311 g/mol. The van der Waals surface area contributed by atoms with Crippen molar-refractivity contribution in [3.63, 3.8) is 0 Å². The molecule has 1 amide bonds. The maximum Gasteiger partial charge on any atom is 0.416 e. The summed E-state index contributed by atoms with van der Waals surface area (Å²) in [5, 5.41) is 2.46. The summed E-state index contributed by atoms with van der Waals surface area (Å²) in [6, 6.07) is 9.88. The van der Waals surface area contributed by atoms with Gasteiger partial charge in [-0.05, 0) is 42.5 Å². The molecule has 0 radical (unpaired) electrons. The number of carbonyl (C=O) groups excluding carboxylic acids is 2. The minimum Gasteiger partial charge on any atom is -0.465 e. The normalized spacial score (nSPS) is 11.0. The number of methoxy groups -OCH3 is 1. The monoisotopic (exact) mass is 323 g/mol. The molecule has 0 saturated carbocycles. The van der Waals surface area contributed by atoms with E-state index in [-0.39, 0.29) is 16.8 Å². The van der Waals surface area contributed by atoms with Gasteiger partial charge in [0, 0.05) is 11.3 Å². The van der Waals surface area contributed by atoms with Crippen molar-refractivity contribution >= 4 is 17.6 Å². The van der Waals surface area contributed by atoms with Crippen molar-refractivity contribution in [2.24, 2.45) is 0 Å². The van der Waals surface area contributed by atoms with Crippen molar-refractivity contribution in [3.05, 3.63) is 65.2 Å². The summed E-state index contributed by atoms with van der Waals surface area (Å²) in [5.41, 5.74) is -0.199. The standard InChI is InChI=1S/C16H12F3NO3/c1-23-15(22)11-4-2-3-10(9-11)14(21)20-13-7-5-12(6-8-13)16(17,18)19/h2-9H,1H3,(H,20,21).